The molecule has 0 radical (unpaired) electrons. The Morgan fingerprint density at radius 3 is 2.65 bits per heavy atom. The van der Waals surface area contributed by atoms with E-state index in [0.29, 0.717) is 5.13 Å². The Morgan fingerprint density at radius 2 is 1.96 bits per heavy atom. The van der Waals surface area contributed by atoms with Crippen LogP contribution >= 0.6 is 36.2 Å². The highest BCUT2D eigenvalue weighted by atomic mass is 35.5. The summed E-state index contributed by atoms with van der Waals surface area (Å²) >= 11 is 1.45. The predicted molar refractivity (Wildman–Crippen MR) is 109 cm³/mol. The van der Waals surface area contributed by atoms with Crippen LogP contribution in [0.1, 0.15) is 23.7 Å². The zero-order valence-electron chi connectivity index (χ0n) is 14.3. The van der Waals surface area contributed by atoms with Gasteiger partial charge in [-0.3, -0.25) is 9.69 Å². The van der Waals surface area contributed by atoms with Crippen LogP contribution in [-0.2, 0) is 16.1 Å². The molecule has 26 heavy (non-hydrogen) atoms. The number of nitrogens with one attached hydrogen (secondary N) is 1. The number of aromatic nitrogens is 1. The molecule has 1 amide bonds. The van der Waals surface area contributed by atoms with E-state index < -0.39 is 0 Å². The Labute approximate surface area is 169 Å². The van der Waals surface area contributed by atoms with Crippen molar-refractivity contribution in [3.05, 3.63) is 47.0 Å². The van der Waals surface area contributed by atoms with Crippen molar-refractivity contribution in [2.24, 2.45) is 5.73 Å². The fourth-order valence-electron chi connectivity index (χ4n) is 2.61. The van der Waals surface area contributed by atoms with Gasteiger partial charge in [-0.2, -0.15) is 0 Å². The third kappa shape index (κ3) is 6.83. The molecule has 0 aliphatic carbocycles. The zero-order chi connectivity index (χ0) is 16.8. The number of halogens is 2. The first-order valence-corrected chi connectivity index (χ1v) is 8.93. The lowest BCUT2D eigenvalue weighted by molar-refractivity contribution is -0.116. The first-order valence-electron chi connectivity index (χ1n) is 8.05. The summed E-state index contributed by atoms with van der Waals surface area (Å²) in [6, 6.07) is 9.34. The van der Waals surface area contributed by atoms with Crippen molar-refractivity contribution >= 4 is 47.2 Å². The van der Waals surface area contributed by atoms with E-state index >= 15 is 0 Å². The van der Waals surface area contributed by atoms with Crippen LogP contribution in [0.15, 0.2) is 35.7 Å². The second kappa shape index (κ2) is 11.5. The average molecular weight is 419 g/mol. The molecule has 1 fully saturated rings. The number of anilines is 1. The Hall–Kier alpha value is -1.22. The summed E-state index contributed by atoms with van der Waals surface area (Å²) in [4.78, 5) is 18.9. The van der Waals surface area contributed by atoms with Crippen molar-refractivity contribution in [1.29, 1.82) is 0 Å². The Bertz CT molecular complexity index is 666. The molecule has 9 heteroatoms. The van der Waals surface area contributed by atoms with Gasteiger partial charge < -0.3 is 15.8 Å². The number of nitrogens with two attached hydrogens (primary N) is 1. The molecule has 3 N–H and O–H groups in total. The molecule has 1 aromatic heterocycles. The Kier molecular flexibility index (Phi) is 10.1. The summed E-state index contributed by atoms with van der Waals surface area (Å²) in [7, 11) is 0. The van der Waals surface area contributed by atoms with E-state index in [2.05, 4.69) is 15.2 Å². The van der Waals surface area contributed by atoms with E-state index in [9.17, 15) is 4.79 Å². The van der Waals surface area contributed by atoms with E-state index in [1.807, 2.05) is 35.7 Å². The third-order valence-electron chi connectivity index (χ3n) is 3.92. The summed E-state index contributed by atoms with van der Waals surface area (Å²) in [5.74, 6) is -0.112. The van der Waals surface area contributed by atoms with Crippen LogP contribution in [0.2, 0.25) is 0 Å². The highest BCUT2D eigenvalue weighted by Crippen LogP contribution is 2.19. The van der Waals surface area contributed by atoms with E-state index in [1.54, 1.807) is 0 Å². The molecule has 3 rings (SSSR count). The highest BCUT2D eigenvalue weighted by Gasteiger charge is 2.15. The van der Waals surface area contributed by atoms with Gasteiger partial charge in [-0.15, -0.1) is 36.2 Å². The number of carbonyl (C=O) groups excluding carboxylic acids is 1. The monoisotopic (exact) mass is 418 g/mol. The van der Waals surface area contributed by atoms with E-state index in [0.717, 1.165) is 44.1 Å². The fraction of sp³-hybridized carbons (Fsp3) is 0.412. The van der Waals surface area contributed by atoms with Crippen molar-refractivity contribution in [3.63, 3.8) is 0 Å². The number of hydrogen-bond acceptors (Lipinski definition) is 6. The van der Waals surface area contributed by atoms with E-state index in [4.69, 9.17) is 10.5 Å². The normalized spacial score (nSPS) is 15.4. The first-order chi connectivity index (χ1) is 11.7. The molecular weight excluding hydrogens is 395 g/mol. The van der Waals surface area contributed by atoms with Crippen LogP contribution in [0.25, 0.3) is 0 Å². The van der Waals surface area contributed by atoms with Gasteiger partial charge >= 0.3 is 0 Å². The second-order valence-corrected chi connectivity index (χ2v) is 6.66. The van der Waals surface area contributed by atoms with E-state index in [-0.39, 0.29) is 43.2 Å². The van der Waals surface area contributed by atoms with Crippen LogP contribution < -0.4 is 11.1 Å². The Morgan fingerprint density at radius 1 is 1.27 bits per heavy atom. The van der Waals surface area contributed by atoms with Gasteiger partial charge in [0.05, 0.1) is 18.9 Å². The molecule has 1 unspecified atom stereocenters. The molecule has 2 aromatic rings. The first kappa shape index (κ1) is 22.8. The topological polar surface area (TPSA) is 80.5 Å². The minimum absolute atomic E-state index is 0. The summed E-state index contributed by atoms with van der Waals surface area (Å²) in [5.41, 5.74) is 8.02. The average Bonchev–Trinajstić information content (AvgIpc) is 3.03. The number of amides is 1. The maximum absolute atomic E-state index is 12.1. The smallest absolute Gasteiger partial charge is 0.228 e. The zero-order valence-corrected chi connectivity index (χ0v) is 16.7. The van der Waals surface area contributed by atoms with Crippen LogP contribution in [0, 0.1) is 0 Å². The minimum atomic E-state index is -0.306. The molecule has 2 heterocycles. The summed E-state index contributed by atoms with van der Waals surface area (Å²) < 4.78 is 5.34. The lowest BCUT2D eigenvalue weighted by atomic mass is 10.0. The molecule has 1 saturated heterocycles. The maximum Gasteiger partial charge on any atom is 0.228 e. The minimum Gasteiger partial charge on any atom is -0.379 e. The standard InChI is InChI=1S/C17H22N4O2S.2ClH/c18-15(13-4-2-1-3-5-13)10-16(22)20-17-19-14(12-24-17)11-21-6-8-23-9-7-21;;/h1-5,12,15H,6-11,18H2,(H,19,20,22);2*1H. The largest absolute Gasteiger partial charge is 0.379 e. The number of nitrogens with zero attached hydrogens (tertiary/aromatic N) is 2. The molecule has 0 bridgehead atoms. The van der Waals surface area contributed by atoms with Crippen LogP contribution in [-0.4, -0.2) is 42.1 Å². The summed E-state index contributed by atoms with van der Waals surface area (Å²) in [6.45, 7) is 4.17. The van der Waals surface area contributed by atoms with Gasteiger partial charge in [-0.05, 0) is 5.56 Å². The molecule has 1 aromatic carbocycles. The SMILES string of the molecule is Cl.Cl.NC(CC(=O)Nc1nc(CN2CCOCC2)cs1)c1ccccc1. The molecular formula is C17H24Cl2N4O2S. The molecule has 1 aliphatic rings. The van der Waals surface area contributed by atoms with Crippen LogP contribution in [0.3, 0.4) is 0 Å². The number of ether oxygens (including phenoxy) is 1. The van der Waals surface area contributed by atoms with Gasteiger partial charge in [-0.25, -0.2) is 4.98 Å². The summed E-state index contributed by atoms with van der Waals surface area (Å²) in [6.07, 6.45) is 0.238. The number of carbonyl (C=O) groups is 1. The second-order valence-electron chi connectivity index (χ2n) is 5.80. The number of rotatable bonds is 6. The molecule has 0 saturated carbocycles. The number of hydrogen-bond donors (Lipinski definition) is 2. The van der Waals surface area contributed by atoms with Crippen molar-refractivity contribution in [3.8, 4) is 0 Å². The van der Waals surface area contributed by atoms with Crippen molar-refractivity contribution < 1.29 is 9.53 Å². The van der Waals surface area contributed by atoms with Gasteiger partial charge in [0.2, 0.25) is 5.91 Å². The van der Waals surface area contributed by atoms with Crippen molar-refractivity contribution in [2.75, 3.05) is 31.6 Å². The molecule has 1 aliphatic heterocycles. The Balaban J connectivity index is 0.00000169. The molecule has 144 valence electrons. The van der Waals surface area contributed by atoms with Gasteiger partial charge in [0.15, 0.2) is 5.13 Å². The molecule has 1 atom stereocenters. The van der Waals surface area contributed by atoms with E-state index in [1.165, 1.54) is 11.3 Å². The number of thiazole rings is 1. The summed E-state index contributed by atoms with van der Waals surface area (Å²) in [5, 5.41) is 5.46. The maximum atomic E-state index is 12.1. The number of benzene rings is 1. The van der Waals surface area contributed by atoms with Crippen molar-refractivity contribution in [2.45, 2.75) is 19.0 Å². The highest BCUT2D eigenvalue weighted by molar-refractivity contribution is 7.13. The fourth-order valence-corrected chi connectivity index (χ4v) is 3.33. The lowest BCUT2D eigenvalue weighted by Gasteiger charge is -2.25. The van der Waals surface area contributed by atoms with Gasteiger partial charge in [0.1, 0.15) is 0 Å². The van der Waals surface area contributed by atoms with Gasteiger partial charge in [0.25, 0.3) is 0 Å². The van der Waals surface area contributed by atoms with Crippen LogP contribution in [0.4, 0.5) is 5.13 Å². The number of morpholine rings is 1. The van der Waals surface area contributed by atoms with Gasteiger partial charge in [0, 0.05) is 37.5 Å². The molecule has 6 nitrogen and oxygen atoms in total. The van der Waals surface area contributed by atoms with Crippen LogP contribution in [0.5, 0.6) is 0 Å². The predicted octanol–water partition coefficient (Wildman–Crippen LogP) is 2.85. The lowest BCUT2D eigenvalue weighted by Crippen LogP contribution is -2.35. The van der Waals surface area contributed by atoms with Gasteiger partial charge in [-0.1, -0.05) is 30.3 Å². The van der Waals surface area contributed by atoms with Crippen molar-refractivity contribution in [1.82, 2.24) is 9.88 Å². The quantitative estimate of drug-likeness (QED) is 0.753. The third-order valence-corrected chi connectivity index (χ3v) is 4.73. The molecule has 0 spiro atoms.